The molecule has 0 spiro atoms. The zero-order valence-electron chi connectivity index (χ0n) is 13.2. The van der Waals surface area contributed by atoms with Crippen LogP contribution in [0.4, 0.5) is 0 Å². The summed E-state index contributed by atoms with van der Waals surface area (Å²) in [6, 6.07) is 8.18. The van der Waals surface area contributed by atoms with Gasteiger partial charge in [-0.15, -0.1) is 0 Å². The van der Waals surface area contributed by atoms with E-state index in [1.807, 2.05) is 32.9 Å². The second-order valence-corrected chi connectivity index (χ2v) is 5.65. The Hall–Kier alpha value is -1.94. The van der Waals surface area contributed by atoms with Crippen LogP contribution in [0.2, 0.25) is 0 Å². The largest absolute Gasteiger partial charge is 0.328 e. The topological polar surface area (TPSA) is 60.9 Å². The molecule has 1 unspecified atom stereocenters. The highest BCUT2D eigenvalue weighted by Gasteiger charge is 2.15. The number of nitrogens with two attached hydrogens (primary N) is 1. The van der Waals surface area contributed by atoms with E-state index in [-0.39, 0.29) is 11.6 Å². The van der Waals surface area contributed by atoms with Crippen LogP contribution in [0.15, 0.2) is 29.1 Å². The van der Waals surface area contributed by atoms with Crippen molar-refractivity contribution in [3.8, 4) is 0 Å². The summed E-state index contributed by atoms with van der Waals surface area (Å²) in [6.07, 6.45) is 0.608. The molecule has 1 aromatic heterocycles. The molecule has 112 valence electrons. The van der Waals surface area contributed by atoms with Gasteiger partial charge < -0.3 is 5.73 Å². The predicted molar refractivity (Wildman–Crippen MR) is 85.7 cm³/mol. The van der Waals surface area contributed by atoms with Gasteiger partial charge in [-0.25, -0.2) is 4.98 Å². The van der Waals surface area contributed by atoms with Crippen LogP contribution in [-0.2, 0) is 6.42 Å². The third kappa shape index (κ3) is 3.22. The molecule has 2 aromatic rings. The maximum Gasteiger partial charge on any atom is 0.257 e. The molecule has 1 aromatic carbocycles. The number of hydrogen-bond donors (Lipinski definition) is 1. The summed E-state index contributed by atoms with van der Waals surface area (Å²) in [5, 5.41) is 0. The summed E-state index contributed by atoms with van der Waals surface area (Å²) in [6.45, 7) is 8.18. The maximum atomic E-state index is 12.8. The highest BCUT2D eigenvalue weighted by Crippen LogP contribution is 2.13. The predicted octanol–water partition coefficient (Wildman–Crippen LogP) is 2.28. The highest BCUT2D eigenvalue weighted by molar-refractivity contribution is 5.30. The fourth-order valence-electron chi connectivity index (χ4n) is 2.67. The molecule has 1 atom stereocenters. The van der Waals surface area contributed by atoms with Gasteiger partial charge in [-0.05, 0) is 33.3 Å². The Morgan fingerprint density at radius 3 is 2.62 bits per heavy atom. The van der Waals surface area contributed by atoms with E-state index in [9.17, 15) is 4.79 Å². The first-order valence-electron chi connectivity index (χ1n) is 7.28. The van der Waals surface area contributed by atoms with Crippen molar-refractivity contribution in [2.24, 2.45) is 5.73 Å². The third-order valence-electron chi connectivity index (χ3n) is 3.84. The summed E-state index contributed by atoms with van der Waals surface area (Å²) in [4.78, 5) is 17.3. The molecule has 2 N–H and O–H groups in total. The average Bonchev–Trinajstić information content (AvgIpc) is 2.43. The lowest BCUT2D eigenvalue weighted by Gasteiger charge is -2.18. The van der Waals surface area contributed by atoms with Crippen molar-refractivity contribution in [2.45, 2.75) is 40.2 Å². The molecule has 0 fully saturated rings. The van der Waals surface area contributed by atoms with Gasteiger partial charge in [0.25, 0.3) is 5.56 Å². The van der Waals surface area contributed by atoms with Gasteiger partial charge in [0.1, 0.15) is 5.82 Å². The van der Waals surface area contributed by atoms with Crippen LogP contribution in [-0.4, -0.2) is 16.1 Å². The molecule has 0 amide bonds. The van der Waals surface area contributed by atoms with Crippen LogP contribution in [0.25, 0.3) is 0 Å². The van der Waals surface area contributed by atoms with Crippen LogP contribution < -0.4 is 11.3 Å². The Balaban J connectivity index is 2.51. The van der Waals surface area contributed by atoms with Gasteiger partial charge in [-0.3, -0.25) is 9.36 Å². The SMILES string of the molecule is Cc1cccc(Cc2c(C)nc(C)n(C(C)CN)c2=O)c1. The van der Waals surface area contributed by atoms with Crippen molar-refractivity contribution >= 4 is 0 Å². The monoisotopic (exact) mass is 285 g/mol. The fraction of sp³-hybridized carbons (Fsp3) is 0.412. The Kier molecular flexibility index (Phi) is 4.58. The minimum Gasteiger partial charge on any atom is -0.328 e. The molecule has 0 saturated heterocycles. The van der Waals surface area contributed by atoms with E-state index in [2.05, 4.69) is 24.0 Å². The van der Waals surface area contributed by atoms with Gasteiger partial charge >= 0.3 is 0 Å². The molecule has 1 heterocycles. The van der Waals surface area contributed by atoms with Gasteiger partial charge in [0.15, 0.2) is 0 Å². The van der Waals surface area contributed by atoms with Crippen LogP contribution in [0.5, 0.6) is 0 Å². The smallest absolute Gasteiger partial charge is 0.257 e. The van der Waals surface area contributed by atoms with Crippen molar-refractivity contribution in [2.75, 3.05) is 6.54 Å². The lowest BCUT2D eigenvalue weighted by Crippen LogP contribution is -2.33. The molecule has 2 rings (SSSR count). The van der Waals surface area contributed by atoms with E-state index < -0.39 is 0 Å². The van der Waals surface area contributed by atoms with Gasteiger partial charge in [0, 0.05) is 30.3 Å². The highest BCUT2D eigenvalue weighted by atomic mass is 16.1. The van der Waals surface area contributed by atoms with E-state index in [1.54, 1.807) is 4.57 Å². The molecule has 0 saturated carbocycles. The lowest BCUT2D eigenvalue weighted by atomic mass is 10.0. The van der Waals surface area contributed by atoms with Crippen molar-refractivity contribution in [3.05, 3.63) is 62.8 Å². The van der Waals surface area contributed by atoms with E-state index in [0.29, 0.717) is 13.0 Å². The molecule has 0 aliphatic rings. The first-order chi connectivity index (χ1) is 9.93. The number of aryl methyl sites for hydroxylation is 3. The molecule has 0 radical (unpaired) electrons. The Bertz CT molecular complexity index is 704. The zero-order chi connectivity index (χ0) is 15.6. The van der Waals surface area contributed by atoms with E-state index >= 15 is 0 Å². The average molecular weight is 285 g/mol. The van der Waals surface area contributed by atoms with Crippen LogP contribution in [0, 0.1) is 20.8 Å². The number of benzene rings is 1. The normalized spacial score (nSPS) is 12.4. The molecule has 0 aliphatic heterocycles. The van der Waals surface area contributed by atoms with Crippen molar-refractivity contribution < 1.29 is 0 Å². The lowest BCUT2D eigenvalue weighted by molar-refractivity contribution is 0.510. The summed E-state index contributed by atoms with van der Waals surface area (Å²) in [5.41, 5.74) is 9.63. The zero-order valence-corrected chi connectivity index (χ0v) is 13.2. The number of aromatic nitrogens is 2. The minimum atomic E-state index is -0.0399. The molecule has 0 aliphatic carbocycles. The van der Waals surface area contributed by atoms with Crippen LogP contribution >= 0.6 is 0 Å². The maximum absolute atomic E-state index is 12.8. The number of hydrogen-bond acceptors (Lipinski definition) is 3. The summed E-state index contributed by atoms with van der Waals surface area (Å²) < 4.78 is 1.71. The molecule has 4 heteroatoms. The second-order valence-electron chi connectivity index (χ2n) is 5.65. The molecule has 21 heavy (non-hydrogen) atoms. The van der Waals surface area contributed by atoms with E-state index in [4.69, 9.17) is 5.73 Å². The molecular formula is C17H23N3O. The van der Waals surface area contributed by atoms with Crippen molar-refractivity contribution in [1.82, 2.24) is 9.55 Å². The van der Waals surface area contributed by atoms with E-state index in [0.717, 1.165) is 22.6 Å². The fourth-order valence-corrected chi connectivity index (χ4v) is 2.67. The molecule has 4 nitrogen and oxygen atoms in total. The van der Waals surface area contributed by atoms with Crippen molar-refractivity contribution in [1.29, 1.82) is 0 Å². The van der Waals surface area contributed by atoms with Crippen molar-refractivity contribution in [3.63, 3.8) is 0 Å². The summed E-state index contributed by atoms with van der Waals surface area (Å²) in [5.74, 6) is 0.725. The second kappa shape index (κ2) is 6.22. The first kappa shape index (κ1) is 15.4. The van der Waals surface area contributed by atoms with Gasteiger partial charge in [0.05, 0.1) is 0 Å². The first-order valence-corrected chi connectivity index (χ1v) is 7.28. The Morgan fingerprint density at radius 1 is 1.29 bits per heavy atom. The van der Waals surface area contributed by atoms with Gasteiger partial charge in [-0.2, -0.15) is 0 Å². The number of nitrogens with zero attached hydrogens (tertiary/aromatic N) is 2. The van der Waals surface area contributed by atoms with E-state index in [1.165, 1.54) is 5.56 Å². The Labute approximate surface area is 125 Å². The minimum absolute atomic E-state index is 0.0273. The third-order valence-corrected chi connectivity index (χ3v) is 3.84. The number of rotatable bonds is 4. The summed E-state index contributed by atoms with van der Waals surface area (Å²) >= 11 is 0. The van der Waals surface area contributed by atoms with Crippen LogP contribution in [0.1, 0.15) is 41.2 Å². The van der Waals surface area contributed by atoms with Crippen LogP contribution in [0.3, 0.4) is 0 Å². The quantitative estimate of drug-likeness (QED) is 0.937. The summed E-state index contributed by atoms with van der Waals surface area (Å²) in [7, 11) is 0. The molecule has 0 bridgehead atoms. The van der Waals surface area contributed by atoms with Gasteiger partial charge in [-0.1, -0.05) is 29.8 Å². The Morgan fingerprint density at radius 2 is 2.00 bits per heavy atom. The standard InChI is InChI=1S/C17H23N3O/c1-11-6-5-7-15(8-11)9-16-13(3)19-14(4)20(17(16)21)12(2)10-18/h5-8,12H,9-10,18H2,1-4H3. The molecular weight excluding hydrogens is 262 g/mol. The van der Waals surface area contributed by atoms with Gasteiger partial charge in [0.2, 0.25) is 0 Å².